The predicted molar refractivity (Wildman–Crippen MR) is 144 cm³/mol. The number of rotatable bonds is 5. The molecule has 3 rings (SSSR count). The van der Waals surface area contributed by atoms with Crippen molar-refractivity contribution in [3.05, 3.63) is 44.2 Å². The standard InChI is InChI=1S/C25H31BrN2O4S2/c1-13(2)32-18-10-7-14(11-17(18)26)21(29)27-24(33)28-22-20(23(30)31-6)16-9-8-15(25(3,4)5)12-19(16)34-22/h7,10-11,13,15H,8-9,12H2,1-6H3,(H2,27,28,29,33). The molecule has 9 heteroatoms. The highest BCUT2D eigenvalue weighted by atomic mass is 79.9. The van der Waals surface area contributed by atoms with Gasteiger partial charge in [0.05, 0.1) is 23.2 Å². The lowest BCUT2D eigenvalue weighted by molar-refractivity contribution is 0.0600. The monoisotopic (exact) mass is 566 g/mol. The summed E-state index contributed by atoms with van der Waals surface area (Å²) in [4.78, 5) is 26.6. The van der Waals surface area contributed by atoms with Gasteiger partial charge in [0.25, 0.3) is 5.91 Å². The summed E-state index contributed by atoms with van der Waals surface area (Å²) in [7, 11) is 1.38. The van der Waals surface area contributed by atoms with Gasteiger partial charge < -0.3 is 14.8 Å². The quantitative estimate of drug-likeness (QED) is 0.324. The largest absolute Gasteiger partial charge is 0.490 e. The minimum Gasteiger partial charge on any atom is -0.490 e. The van der Waals surface area contributed by atoms with Gasteiger partial charge in [-0.05, 0) is 96.4 Å². The summed E-state index contributed by atoms with van der Waals surface area (Å²) in [6.07, 6.45) is 2.76. The topological polar surface area (TPSA) is 76.7 Å². The molecule has 1 unspecified atom stereocenters. The minimum atomic E-state index is -0.395. The Morgan fingerprint density at radius 3 is 2.56 bits per heavy atom. The summed E-state index contributed by atoms with van der Waals surface area (Å²) >= 11 is 10.4. The molecule has 1 heterocycles. The van der Waals surface area contributed by atoms with Crippen LogP contribution in [0.3, 0.4) is 0 Å². The maximum Gasteiger partial charge on any atom is 0.341 e. The van der Waals surface area contributed by atoms with Gasteiger partial charge in [0.1, 0.15) is 10.8 Å². The maximum atomic E-state index is 12.8. The number of anilines is 1. The van der Waals surface area contributed by atoms with E-state index >= 15 is 0 Å². The Kier molecular flexibility index (Phi) is 8.42. The molecule has 1 aliphatic rings. The molecule has 1 aromatic heterocycles. The highest BCUT2D eigenvalue weighted by Crippen LogP contribution is 2.44. The van der Waals surface area contributed by atoms with Crippen molar-refractivity contribution in [2.24, 2.45) is 11.3 Å². The molecule has 1 aliphatic carbocycles. The SMILES string of the molecule is COC(=O)c1c(NC(=S)NC(=O)c2ccc(OC(C)C)c(Br)c2)sc2c1CCC(C(C)(C)C)C2. The third-order valence-electron chi connectivity index (χ3n) is 5.89. The molecular formula is C25H31BrN2O4S2. The van der Waals surface area contributed by atoms with Crippen LogP contribution >= 0.6 is 39.5 Å². The lowest BCUT2D eigenvalue weighted by Gasteiger charge is -2.33. The van der Waals surface area contributed by atoms with Crippen molar-refractivity contribution in [2.75, 3.05) is 12.4 Å². The maximum absolute atomic E-state index is 12.8. The number of hydrogen-bond donors (Lipinski definition) is 2. The number of thiocarbonyl (C=S) groups is 1. The Labute approximate surface area is 218 Å². The summed E-state index contributed by atoms with van der Waals surface area (Å²) < 4.78 is 11.4. The van der Waals surface area contributed by atoms with E-state index in [1.54, 1.807) is 18.2 Å². The summed E-state index contributed by atoms with van der Waals surface area (Å²) in [5.41, 5.74) is 2.16. The molecule has 0 saturated carbocycles. The number of hydrogen-bond acceptors (Lipinski definition) is 6. The van der Waals surface area contributed by atoms with Gasteiger partial charge in [-0.25, -0.2) is 4.79 Å². The number of ether oxygens (including phenoxy) is 2. The van der Waals surface area contributed by atoms with E-state index in [2.05, 4.69) is 47.3 Å². The zero-order chi connectivity index (χ0) is 25.2. The normalized spacial score (nSPS) is 15.5. The van der Waals surface area contributed by atoms with E-state index in [1.165, 1.54) is 23.3 Å². The molecule has 0 bridgehead atoms. The van der Waals surface area contributed by atoms with Crippen molar-refractivity contribution < 1.29 is 19.1 Å². The van der Waals surface area contributed by atoms with E-state index in [1.807, 2.05) is 13.8 Å². The van der Waals surface area contributed by atoms with Gasteiger partial charge >= 0.3 is 5.97 Å². The number of fused-ring (bicyclic) bond motifs is 1. The molecule has 0 radical (unpaired) electrons. The second-order valence-corrected chi connectivity index (χ2v) is 12.1. The molecule has 0 spiro atoms. The van der Waals surface area contributed by atoms with Crippen molar-refractivity contribution in [3.63, 3.8) is 0 Å². The van der Waals surface area contributed by atoms with Crippen LogP contribution in [0.2, 0.25) is 0 Å². The summed E-state index contributed by atoms with van der Waals surface area (Å²) in [6, 6.07) is 5.10. The van der Waals surface area contributed by atoms with Crippen LogP contribution in [0.15, 0.2) is 22.7 Å². The van der Waals surface area contributed by atoms with Gasteiger partial charge in [0, 0.05) is 10.4 Å². The molecule has 2 aromatic rings. The highest BCUT2D eigenvalue weighted by molar-refractivity contribution is 9.10. The smallest absolute Gasteiger partial charge is 0.341 e. The third kappa shape index (κ3) is 6.17. The van der Waals surface area contributed by atoms with Gasteiger partial charge in [0.15, 0.2) is 5.11 Å². The number of benzene rings is 1. The average Bonchev–Trinajstić information content (AvgIpc) is 3.10. The first kappa shape index (κ1) is 26.6. The zero-order valence-corrected chi connectivity index (χ0v) is 23.6. The second-order valence-electron chi connectivity index (χ2n) is 9.73. The van der Waals surface area contributed by atoms with Crippen LogP contribution in [0.5, 0.6) is 5.75 Å². The van der Waals surface area contributed by atoms with E-state index in [0.29, 0.717) is 32.3 Å². The summed E-state index contributed by atoms with van der Waals surface area (Å²) in [5.74, 6) is 0.438. The Morgan fingerprint density at radius 1 is 1.26 bits per heavy atom. The van der Waals surface area contributed by atoms with Crippen LogP contribution in [0, 0.1) is 11.3 Å². The van der Waals surface area contributed by atoms with Crippen molar-refractivity contribution in [2.45, 2.75) is 60.0 Å². The van der Waals surface area contributed by atoms with Crippen LogP contribution in [0.1, 0.15) is 72.2 Å². The number of halogens is 1. The summed E-state index contributed by atoms with van der Waals surface area (Å²) in [6.45, 7) is 10.6. The number of esters is 1. The third-order valence-corrected chi connectivity index (χ3v) is 7.88. The van der Waals surface area contributed by atoms with Crippen LogP contribution < -0.4 is 15.4 Å². The molecule has 2 N–H and O–H groups in total. The number of carbonyl (C=O) groups is 2. The molecule has 34 heavy (non-hydrogen) atoms. The van der Waals surface area contributed by atoms with Crippen LogP contribution in [0.4, 0.5) is 5.00 Å². The van der Waals surface area contributed by atoms with E-state index < -0.39 is 5.97 Å². The molecule has 6 nitrogen and oxygen atoms in total. The molecular weight excluding hydrogens is 536 g/mol. The van der Waals surface area contributed by atoms with Crippen LogP contribution in [0.25, 0.3) is 0 Å². The number of thiophene rings is 1. The van der Waals surface area contributed by atoms with Gasteiger partial charge in [-0.2, -0.15) is 0 Å². The van der Waals surface area contributed by atoms with Crippen LogP contribution in [-0.4, -0.2) is 30.2 Å². The first-order chi connectivity index (χ1) is 15.9. The Hall–Kier alpha value is -1.97. The summed E-state index contributed by atoms with van der Waals surface area (Å²) in [5, 5.41) is 6.51. The fourth-order valence-corrected chi connectivity index (χ4v) is 6.08. The van der Waals surface area contributed by atoms with E-state index in [-0.39, 0.29) is 22.5 Å². The Morgan fingerprint density at radius 2 is 1.97 bits per heavy atom. The highest BCUT2D eigenvalue weighted by Gasteiger charge is 2.34. The first-order valence-corrected chi connectivity index (χ1v) is 13.2. The second kappa shape index (κ2) is 10.7. The number of carbonyl (C=O) groups excluding carboxylic acids is 2. The molecule has 1 atom stereocenters. The molecule has 0 fully saturated rings. The molecule has 1 aromatic carbocycles. The van der Waals surface area contributed by atoms with E-state index in [0.717, 1.165) is 24.8 Å². The van der Waals surface area contributed by atoms with Crippen molar-refractivity contribution in [3.8, 4) is 5.75 Å². The Bertz CT molecular complexity index is 1110. The number of methoxy groups -OCH3 is 1. The van der Waals surface area contributed by atoms with Crippen molar-refractivity contribution in [1.29, 1.82) is 0 Å². The molecule has 1 amide bonds. The molecule has 184 valence electrons. The zero-order valence-electron chi connectivity index (χ0n) is 20.3. The number of nitrogens with one attached hydrogen (secondary N) is 2. The number of amides is 1. The van der Waals surface area contributed by atoms with Gasteiger partial charge in [-0.15, -0.1) is 11.3 Å². The molecule has 0 aliphatic heterocycles. The lowest BCUT2D eigenvalue weighted by atomic mass is 9.72. The fraction of sp³-hybridized carbons (Fsp3) is 0.480. The van der Waals surface area contributed by atoms with Crippen molar-refractivity contribution >= 4 is 61.5 Å². The Balaban J connectivity index is 1.77. The fourth-order valence-electron chi connectivity index (χ4n) is 4.03. The predicted octanol–water partition coefficient (Wildman–Crippen LogP) is 6.36. The lowest BCUT2D eigenvalue weighted by Crippen LogP contribution is -2.34. The van der Waals surface area contributed by atoms with Crippen LogP contribution in [-0.2, 0) is 17.6 Å². The van der Waals surface area contributed by atoms with Crippen molar-refractivity contribution in [1.82, 2.24) is 5.32 Å². The van der Waals surface area contributed by atoms with E-state index in [4.69, 9.17) is 21.7 Å². The minimum absolute atomic E-state index is 0.0204. The van der Waals surface area contributed by atoms with E-state index in [9.17, 15) is 9.59 Å². The first-order valence-electron chi connectivity index (χ1n) is 11.2. The van der Waals surface area contributed by atoms with Gasteiger partial charge in [-0.3, -0.25) is 10.1 Å². The van der Waals surface area contributed by atoms with Gasteiger partial charge in [-0.1, -0.05) is 20.8 Å². The molecule has 0 saturated heterocycles. The average molecular weight is 568 g/mol. The van der Waals surface area contributed by atoms with Gasteiger partial charge in [0.2, 0.25) is 0 Å².